The van der Waals surface area contributed by atoms with Crippen molar-refractivity contribution in [2.24, 2.45) is 0 Å². The van der Waals surface area contributed by atoms with Gasteiger partial charge >= 0.3 is 0 Å². The summed E-state index contributed by atoms with van der Waals surface area (Å²) in [7, 11) is 0. The van der Waals surface area contributed by atoms with Crippen molar-refractivity contribution in [3.8, 4) is 0 Å². The Morgan fingerprint density at radius 1 is 1.46 bits per heavy atom. The van der Waals surface area contributed by atoms with Gasteiger partial charge in [-0.05, 0) is 27.2 Å². The minimum Gasteiger partial charge on any atom is -0.310 e. The second kappa shape index (κ2) is 4.38. The standard InChI is InChI=1S/C10H21FN2/c1-10(2,3)13-7-4-9(8-13)12-6-5-11/h9,12H,4-8H2,1-3H3/t9-/m1/s1. The smallest absolute Gasteiger partial charge is 0.102 e. The first kappa shape index (κ1) is 10.9. The molecular formula is C10H21FN2. The molecule has 0 saturated carbocycles. The molecule has 3 heteroatoms. The largest absolute Gasteiger partial charge is 0.310 e. The van der Waals surface area contributed by atoms with E-state index in [4.69, 9.17) is 0 Å². The molecule has 0 unspecified atom stereocenters. The fraction of sp³-hybridized carbons (Fsp3) is 1.00. The molecule has 0 bridgehead atoms. The summed E-state index contributed by atoms with van der Waals surface area (Å²) in [5.41, 5.74) is 0.256. The molecule has 0 aliphatic carbocycles. The Hall–Kier alpha value is -0.150. The molecule has 1 aliphatic heterocycles. The zero-order chi connectivity index (χ0) is 9.90. The van der Waals surface area contributed by atoms with E-state index in [0.717, 1.165) is 19.5 Å². The molecule has 1 heterocycles. The van der Waals surface area contributed by atoms with Crippen LogP contribution in [0.5, 0.6) is 0 Å². The molecule has 1 saturated heterocycles. The predicted octanol–water partition coefficient (Wildman–Crippen LogP) is 1.42. The number of hydrogen-bond donors (Lipinski definition) is 1. The second-order valence-electron chi connectivity index (χ2n) is 4.75. The van der Waals surface area contributed by atoms with Crippen LogP contribution < -0.4 is 5.32 Å². The molecule has 0 spiro atoms. The van der Waals surface area contributed by atoms with E-state index in [1.807, 2.05) is 0 Å². The van der Waals surface area contributed by atoms with E-state index in [1.165, 1.54) is 0 Å². The number of likely N-dealkylation sites (tertiary alicyclic amines) is 1. The minimum atomic E-state index is -0.258. The van der Waals surface area contributed by atoms with E-state index < -0.39 is 0 Å². The highest BCUT2D eigenvalue weighted by atomic mass is 19.1. The summed E-state index contributed by atoms with van der Waals surface area (Å²) in [5.74, 6) is 0. The van der Waals surface area contributed by atoms with Gasteiger partial charge in [0.1, 0.15) is 6.67 Å². The fourth-order valence-corrected chi connectivity index (χ4v) is 1.79. The van der Waals surface area contributed by atoms with Crippen molar-refractivity contribution < 1.29 is 4.39 Å². The van der Waals surface area contributed by atoms with Gasteiger partial charge in [0.05, 0.1) is 0 Å². The lowest BCUT2D eigenvalue weighted by atomic mass is 10.1. The number of hydrogen-bond acceptors (Lipinski definition) is 2. The van der Waals surface area contributed by atoms with Crippen molar-refractivity contribution in [3.05, 3.63) is 0 Å². The van der Waals surface area contributed by atoms with Crippen LogP contribution in [0.2, 0.25) is 0 Å². The highest BCUT2D eigenvalue weighted by Gasteiger charge is 2.29. The molecule has 13 heavy (non-hydrogen) atoms. The fourth-order valence-electron chi connectivity index (χ4n) is 1.79. The Labute approximate surface area is 80.5 Å². The van der Waals surface area contributed by atoms with E-state index >= 15 is 0 Å². The number of alkyl halides is 1. The summed E-state index contributed by atoms with van der Waals surface area (Å²) in [6, 6.07) is 0.495. The normalized spacial score (nSPS) is 25.4. The average Bonchev–Trinajstić information content (AvgIpc) is 2.47. The summed E-state index contributed by atoms with van der Waals surface area (Å²) < 4.78 is 11.9. The van der Waals surface area contributed by atoms with Crippen LogP contribution in [0.3, 0.4) is 0 Å². The summed E-state index contributed by atoms with van der Waals surface area (Å²) >= 11 is 0. The number of nitrogens with zero attached hydrogens (tertiary/aromatic N) is 1. The summed E-state index contributed by atoms with van der Waals surface area (Å²) in [4.78, 5) is 2.45. The van der Waals surface area contributed by atoms with Gasteiger partial charge in [-0.2, -0.15) is 0 Å². The van der Waals surface area contributed by atoms with E-state index in [1.54, 1.807) is 0 Å². The SMILES string of the molecule is CC(C)(C)N1CC[C@@H](NCCF)C1. The van der Waals surface area contributed by atoms with E-state index in [9.17, 15) is 4.39 Å². The van der Waals surface area contributed by atoms with Crippen molar-refractivity contribution in [3.63, 3.8) is 0 Å². The van der Waals surface area contributed by atoms with Crippen LogP contribution in [0.1, 0.15) is 27.2 Å². The molecule has 1 aliphatic rings. The molecule has 1 N–H and O–H groups in total. The summed E-state index contributed by atoms with van der Waals surface area (Å²) in [5, 5.41) is 3.22. The first-order chi connectivity index (χ1) is 6.04. The predicted molar refractivity (Wildman–Crippen MR) is 53.7 cm³/mol. The van der Waals surface area contributed by atoms with Gasteiger partial charge in [-0.3, -0.25) is 4.90 Å². The number of nitrogens with one attached hydrogen (secondary N) is 1. The molecule has 0 radical (unpaired) electrons. The van der Waals surface area contributed by atoms with Gasteiger partial charge in [0.15, 0.2) is 0 Å². The maximum absolute atomic E-state index is 11.9. The molecule has 0 aromatic carbocycles. The Bertz CT molecular complexity index is 153. The van der Waals surface area contributed by atoms with Gasteiger partial charge in [0.25, 0.3) is 0 Å². The third-order valence-electron chi connectivity index (χ3n) is 2.66. The van der Waals surface area contributed by atoms with Crippen molar-refractivity contribution in [2.45, 2.75) is 38.8 Å². The number of halogens is 1. The van der Waals surface area contributed by atoms with Crippen LogP contribution in [-0.4, -0.2) is 42.8 Å². The van der Waals surface area contributed by atoms with Crippen LogP contribution in [-0.2, 0) is 0 Å². The topological polar surface area (TPSA) is 15.3 Å². The van der Waals surface area contributed by atoms with E-state index in [2.05, 4.69) is 31.0 Å². The highest BCUT2D eigenvalue weighted by molar-refractivity contribution is 4.87. The Balaban J connectivity index is 2.28. The van der Waals surface area contributed by atoms with E-state index in [-0.39, 0.29) is 12.2 Å². The second-order valence-corrected chi connectivity index (χ2v) is 4.75. The average molecular weight is 188 g/mol. The van der Waals surface area contributed by atoms with Crippen LogP contribution >= 0.6 is 0 Å². The van der Waals surface area contributed by atoms with Crippen molar-refractivity contribution in [1.82, 2.24) is 10.2 Å². The lowest BCUT2D eigenvalue weighted by molar-refractivity contribution is 0.170. The van der Waals surface area contributed by atoms with Gasteiger partial charge in [-0.15, -0.1) is 0 Å². The monoisotopic (exact) mass is 188 g/mol. The van der Waals surface area contributed by atoms with Crippen LogP contribution in [0.15, 0.2) is 0 Å². The molecule has 1 atom stereocenters. The molecule has 2 nitrogen and oxygen atoms in total. The zero-order valence-corrected chi connectivity index (χ0v) is 8.94. The third kappa shape index (κ3) is 3.24. The highest BCUT2D eigenvalue weighted by Crippen LogP contribution is 2.20. The first-order valence-electron chi connectivity index (χ1n) is 5.08. The third-order valence-corrected chi connectivity index (χ3v) is 2.66. The Morgan fingerprint density at radius 2 is 2.15 bits per heavy atom. The summed E-state index contributed by atoms with van der Waals surface area (Å²) in [6.45, 7) is 9.12. The summed E-state index contributed by atoms with van der Waals surface area (Å²) in [6.07, 6.45) is 1.15. The Morgan fingerprint density at radius 3 is 2.62 bits per heavy atom. The molecule has 0 aromatic rings. The van der Waals surface area contributed by atoms with Crippen molar-refractivity contribution >= 4 is 0 Å². The maximum atomic E-state index is 11.9. The van der Waals surface area contributed by atoms with Crippen molar-refractivity contribution in [2.75, 3.05) is 26.3 Å². The molecule has 78 valence electrons. The minimum absolute atomic E-state index is 0.256. The molecule has 1 fully saturated rings. The quantitative estimate of drug-likeness (QED) is 0.720. The zero-order valence-electron chi connectivity index (χ0n) is 8.94. The van der Waals surface area contributed by atoms with Crippen molar-refractivity contribution in [1.29, 1.82) is 0 Å². The lowest BCUT2D eigenvalue weighted by Gasteiger charge is -2.31. The molecule has 1 rings (SSSR count). The molecular weight excluding hydrogens is 167 g/mol. The lowest BCUT2D eigenvalue weighted by Crippen LogP contribution is -2.42. The van der Waals surface area contributed by atoms with Crippen LogP contribution in [0.4, 0.5) is 4.39 Å². The van der Waals surface area contributed by atoms with Gasteiger partial charge in [0.2, 0.25) is 0 Å². The molecule has 0 aromatic heterocycles. The van der Waals surface area contributed by atoms with Gasteiger partial charge < -0.3 is 5.32 Å². The Kier molecular flexibility index (Phi) is 3.68. The molecule has 0 amide bonds. The van der Waals surface area contributed by atoms with E-state index in [0.29, 0.717) is 12.6 Å². The van der Waals surface area contributed by atoms with Crippen LogP contribution in [0.25, 0.3) is 0 Å². The van der Waals surface area contributed by atoms with Gasteiger partial charge in [-0.25, -0.2) is 4.39 Å². The maximum Gasteiger partial charge on any atom is 0.102 e. The van der Waals surface area contributed by atoms with Gasteiger partial charge in [-0.1, -0.05) is 0 Å². The first-order valence-corrected chi connectivity index (χ1v) is 5.08. The van der Waals surface area contributed by atoms with Crippen LogP contribution in [0, 0.1) is 0 Å². The van der Waals surface area contributed by atoms with Gasteiger partial charge in [0, 0.05) is 31.2 Å². The number of rotatable bonds is 3.